The number of piperidine rings is 1. The fourth-order valence-electron chi connectivity index (χ4n) is 2.23. The second-order valence-corrected chi connectivity index (χ2v) is 5.16. The molecule has 4 nitrogen and oxygen atoms in total. The molecule has 1 unspecified atom stereocenters. The number of nitriles is 1. The third-order valence-electron chi connectivity index (χ3n) is 3.49. The number of nitrogens with zero attached hydrogens (tertiary/aromatic N) is 1. The molecule has 1 rings (SSSR count). The second kappa shape index (κ2) is 5.39. The molecule has 0 amide bonds. The van der Waals surface area contributed by atoms with E-state index in [4.69, 9.17) is 23.2 Å². The van der Waals surface area contributed by atoms with Crippen molar-refractivity contribution in [2.75, 3.05) is 13.6 Å². The van der Waals surface area contributed by atoms with Gasteiger partial charge in [-0.25, -0.2) is 0 Å². The minimum Gasteiger partial charge on any atom is -0.389 e. The Labute approximate surface area is 107 Å². The number of Topliss-reactive ketones (excluding diaryl/α,β-unsaturated/α-hetero) is 1. The summed E-state index contributed by atoms with van der Waals surface area (Å²) in [6, 6.07) is 2.10. The number of carbonyl (C=O) groups excluding carboxylic acids is 1. The van der Waals surface area contributed by atoms with Crippen LogP contribution in [0.25, 0.3) is 0 Å². The molecule has 0 aromatic carbocycles. The number of thiocarbonyl (C=S) groups is 1. The monoisotopic (exact) mass is 252 g/mol. The summed E-state index contributed by atoms with van der Waals surface area (Å²) in [6.07, 6.45) is 1.63. The summed E-state index contributed by atoms with van der Waals surface area (Å²) in [5, 5.41) is 8.93. The summed E-state index contributed by atoms with van der Waals surface area (Å²) in [6.45, 7) is 4.76. The SMILES string of the molecule is C[C@@H]1[C@H](/C=C(\C#N)C(N)=S)C(=O)[C@@H](C)C[NH+]1C. The molecule has 1 heterocycles. The summed E-state index contributed by atoms with van der Waals surface area (Å²) >= 11 is 4.79. The number of nitrogens with two attached hydrogens (primary N) is 1. The summed E-state index contributed by atoms with van der Waals surface area (Å²) in [7, 11) is 2.06. The van der Waals surface area contributed by atoms with E-state index in [1.807, 2.05) is 19.9 Å². The predicted molar refractivity (Wildman–Crippen MR) is 69.4 cm³/mol. The topological polar surface area (TPSA) is 71.3 Å². The molecule has 1 aliphatic heterocycles. The lowest BCUT2D eigenvalue weighted by molar-refractivity contribution is -0.911. The summed E-state index contributed by atoms with van der Waals surface area (Å²) < 4.78 is 0. The van der Waals surface area contributed by atoms with Gasteiger partial charge in [-0.1, -0.05) is 19.1 Å². The molecule has 3 N–H and O–H groups in total. The summed E-state index contributed by atoms with van der Waals surface area (Å²) in [5.74, 6) is -0.0826. The molecule has 0 radical (unpaired) electrons. The third-order valence-corrected chi connectivity index (χ3v) is 3.71. The van der Waals surface area contributed by atoms with Gasteiger partial charge in [-0.15, -0.1) is 0 Å². The number of hydrogen-bond donors (Lipinski definition) is 2. The predicted octanol–water partition coefficient (Wildman–Crippen LogP) is -0.539. The van der Waals surface area contributed by atoms with Crippen molar-refractivity contribution in [3.8, 4) is 6.07 Å². The molecule has 0 saturated carbocycles. The lowest BCUT2D eigenvalue weighted by Gasteiger charge is -2.34. The van der Waals surface area contributed by atoms with E-state index < -0.39 is 0 Å². The first-order chi connectivity index (χ1) is 7.88. The van der Waals surface area contributed by atoms with Crippen LogP contribution in [0.4, 0.5) is 0 Å². The van der Waals surface area contributed by atoms with Crippen molar-refractivity contribution in [2.45, 2.75) is 19.9 Å². The molecule has 17 heavy (non-hydrogen) atoms. The zero-order valence-corrected chi connectivity index (χ0v) is 11.2. The quantitative estimate of drug-likeness (QED) is 0.393. The van der Waals surface area contributed by atoms with Crippen LogP contribution in [0.15, 0.2) is 11.6 Å². The van der Waals surface area contributed by atoms with Crippen molar-refractivity contribution in [1.29, 1.82) is 5.26 Å². The van der Waals surface area contributed by atoms with Crippen molar-refractivity contribution < 1.29 is 9.69 Å². The van der Waals surface area contributed by atoms with Crippen molar-refractivity contribution in [1.82, 2.24) is 0 Å². The van der Waals surface area contributed by atoms with Gasteiger partial charge in [-0.3, -0.25) is 4.79 Å². The van der Waals surface area contributed by atoms with E-state index in [0.29, 0.717) is 0 Å². The van der Waals surface area contributed by atoms with Crippen molar-refractivity contribution in [3.05, 3.63) is 11.6 Å². The molecule has 0 aromatic rings. The average molecular weight is 252 g/mol. The summed E-state index contributed by atoms with van der Waals surface area (Å²) in [4.78, 5) is 13.5. The van der Waals surface area contributed by atoms with E-state index in [9.17, 15) is 4.79 Å². The van der Waals surface area contributed by atoms with Gasteiger partial charge in [0.25, 0.3) is 0 Å². The molecular formula is C12H18N3OS+. The number of quaternary nitrogens is 1. The van der Waals surface area contributed by atoms with Gasteiger partial charge in [0, 0.05) is 0 Å². The number of hydrogen-bond acceptors (Lipinski definition) is 3. The van der Waals surface area contributed by atoms with Crippen molar-refractivity contribution >= 4 is 23.0 Å². The Morgan fingerprint density at radius 1 is 1.65 bits per heavy atom. The Bertz CT molecular complexity index is 410. The van der Waals surface area contributed by atoms with E-state index in [1.165, 1.54) is 4.90 Å². The standard InChI is InChI=1S/C12H17N3OS/c1-7-6-15(3)8(2)10(11(7)16)4-9(5-13)12(14)17/h4,7-8,10H,6H2,1-3H3,(H2,14,17)/p+1/b9-4+/t7-,8+,10-/m0/s1. The Hall–Kier alpha value is -1.25. The average Bonchev–Trinajstić information content (AvgIpc) is 2.26. The minimum absolute atomic E-state index is 0.0127. The molecule has 0 spiro atoms. The Kier molecular flexibility index (Phi) is 4.38. The molecular weight excluding hydrogens is 234 g/mol. The zero-order chi connectivity index (χ0) is 13.2. The lowest BCUT2D eigenvalue weighted by Crippen LogP contribution is -3.15. The minimum atomic E-state index is -0.269. The Morgan fingerprint density at radius 3 is 2.71 bits per heavy atom. The van der Waals surface area contributed by atoms with Crippen LogP contribution in [0.2, 0.25) is 0 Å². The molecule has 0 aliphatic carbocycles. The molecule has 1 fully saturated rings. The van der Waals surface area contributed by atoms with Gasteiger partial charge in [0.1, 0.15) is 11.1 Å². The van der Waals surface area contributed by atoms with Crippen LogP contribution >= 0.6 is 12.2 Å². The van der Waals surface area contributed by atoms with Crippen LogP contribution in [-0.2, 0) is 4.79 Å². The van der Waals surface area contributed by atoms with Crippen LogP contribution < -0.4 is 10.6 Å². The first-order valence-electron chi connectivity index (χ1n) is 5.66. The first kappa shape index (κ1) is 13.8. The van der Waals surface area contributed by atoms with E-state index in [-0.39, 0.29) is 34.2 Å². The highest BCUT2D eigenvalue weighted by Crippen LogP contribution is 2.17. The fraction of sp³-hybridized carbons (Fsp3) is 0.583. The number of carbonyl (C=O) groups is 1. The molecule has 1 aliphatic rings. The number of ketones is 1. The van der Waals surface area contributed by atoms with Gasteiger partial charge >= 0.3 is 0 Å². The molecule has 0 bridgehead atoms. The van der Waals surface area contributed by atoms with E-state index in [1.54, 1.807) is 6.08 Å². The smallest absolute Gasteiger partial charge is 0.154 e. The van der Waals surface area contributed by atoms with Crippen LogP contribution in [0.1, 0.15) is 13.8 Å². The van der Waals surface area contributed by atoms with Gasteiger partial charge in [0.15, 0.2) is 5.78 Å². The number of nitrogens with one attached hydrogen (secondary N) is 1. The van der Waals surface area contributed by atoms with Crippen LogP contribution in [-0.4, -0.2) is 30.4 Å². The van der Waals surface area contributed by atoms with E-state index in [2.05, 4.69) is 7.05 Å². The van der Waals surface area contributed by atoms with Crippen LogP contribution in [0.5, 0.6) is 0 Å². The normalized spacial score (nSPS) is 34.2. The molecule has 1 saturated heterocycles. The van der Waals surface area contributed by atoms with Gasteiger partial charge in [-0.05, 0) is 13.0 Å². The van der Waals surface area contributed by atoms with Crippen LogP contribution in [0.3, 0.4) is 0 Å². The van der Waals surface area contributed by atoms with Crippen molar-refractivity contribution in [2.24, 2.45) is 17.6 Å². The largest absolute Gasteiger partial charge is 0.389 e. The van der Waals surface area contributed by atoms with E-state index >= 15 is 0 Å². The first-order valence-corrected chi connectivity index (χ1v) is 6.07. The molecule has 0 aromatic heterocycles. The highest BCUT2D eigenvalue weighted by molar-refractivity contribution is 7.80. The van der Waals surface area contributed by atoms with Gasteiger partial charge in [0.2, 0.25) is 0 Å². The lowest BCUT2D eigenvalue weighted by atomic mass is 9.82. The van der Waals surface area contributed by atoms with Crippen molar-refractivity contribution in [3.63, 3.8) is 0 Å². The van der Waals surface area contributed by atoms with Crippen LogP contribution in [0, 0.1) is 23.2 Å². The zero-order valence-electron chi connectivity index (χ0n) is 10.4. The molecule has 92 valence electrons. The highest BCUT2D eigenvalue weighted by Gasteiger charge is 2.39. The number of rotatable bonds is 2. The Morgan fingerprint density at radius 2 is 2.24 bits per heavy atom. The maximum absolute atomic E-state index is 12.1. The summed E-state index contributed by atoms with van der Waals surface area (Å²) in [5.41, 5.74) is 5.69. The fourth-order valence-corrected chi connectivity index (χ4v) is 2.35. The maximum atomic E-state index is 12.1. The third kappa shape index (κ3) is 2.90. The molecule has 4 atom stereocenters. The molecule has 5 heteroatoms. The van der Waals surface area contributed by atoms with Gasteiger partial charge in [0.05, 0.1) is 37.0 Å². The van der Waals surface area contributed by atoms with Gasteiger partial charge in [-0.2, -0.15) is 5.26 Å². The Balaban J connectivity index is 3.05. The number of likely N-dealkylation sites (tertiary alicyclic amines) is 1. The maximum Gasteiger partial charge on any atom is 0.154 e. The van der Waals surface area contributed by atoms with E-state index in [0.717, 1.165) is 6.54 Å². The van der Waals surface area contributed by atoms with Gasteiger partial charge < -0.3 is 10.6 Å². The highest BCUT2D eigenvalue weighted by atomic mass is 32.1. The second-order valence-electron chi connectivity index (χ2n) is 4.72.